The van der Waals surface area contributed by atoms with Crippen molar-refractivity contribution in [1.29, 1.82) is 0 Å². The van der Waals surface area contributed by atoms with E-state index in [1.54, 1.807) is 0 Å². The zero-order valence-electron chi connectivity index (χ0n) is 22.4. The monoisotopic (exact) mass is 549 g/mol. The number of carbonyl (C=O) groups is 1. The lowest BCUT2D eigenvalue weighted by Gasteiger charge is -2.32. The quantitative estimate of drug-likeness (QED) is 0.177. The molecule has 2 saturated heterocycles. The highest BCUT2D eigenvalue weighted by Crippen LogP contribution is 2.33. The van der Waals surface area contributed by atoms with E-state index in [2.05, 4.69) is 45.8 Å². The number of guanidine groups is 1. The smallest absolute Gasteiger partial charge is 0.390 e. The minimum Gasteiger partial charge on any atom is -0.390 e. The molecule has 0 aromatic carbocycles. The lowest BCUT2D eigenvalue weighted by molar-refractivity contribution is -0.168. The third-order valence-electron chi connectivity index (χ3n) is 8.76. The van der Waals surface area contributed by atoms with E-state index in [9.17, 15) is 27.5 Å². The van der Waals surface area contributed by atoms with E-state index in [1.807, 2.05) is 0 Å². The van der Waals surface area contributed by atoms with Gasteiger partial charge in [-0.1, -0.05) is 13.8 Å². The van der Waals surface area contributed by atoms with Gasteiger partial charge < -0.3 is 10.4 Å². The number of aliphatic imine (C=N–C) groups is 1. The zero-order chi connectivity index (χ0) is 27.6. The summed E-state index contributed by atoms with van der Waals surface area (Å²) < 4.78 is 54.8. The molecule has 1 amide bonds. The summed E-state index contributed by atoms with van der Waals surface area (Å²) in [5.74, 6) is -0.639. The van der Waals surface area contributed by atoms with Crippen LogP contribution >= 0.6 is 0 Å². The lowest BCUT2D eigenvalue weighted by Crippen LogP contribution is -2.53. The number of hydrogen-bond donors (Lipinski definition) is 6. The van der Waals surface area contributed by atoms with Crippen molar-refractivity contribution in [3.8, 4) is 0 Å². The van der Waals surface area contributed by atoms with E-state index >= 15 is 0 Å². The lowest BCUT2D eigenvalue weighted by atomic mass is 9.80. The first-order valence-corrected chi connectivity index (χ1v) is 13.9. The highest BCUT2D eigenvalue weighted by Gasteiger charge is 2.52. The van der Waals surface area contributed by atoms with Gasteiger partial charge in [0.2, 0.25) is 5.91 Å². The van der Waals surface area contributed by atoms with Crippen LogP contribution in [0.25, 0.3) is 0 Å². The van der Waals surface area contributed by atoms with Crippen molar-refractivity contribution in [2.45, 2.75) is 108 Å². The summed E-state index contributed by atoms with van der Waals surface area (Å²) in [6.45, 7) is 4.34. The van der Waals surface area contributed by atoms with E-state index in [-0.39, 0.29) is 36.9 Å². The van der Waals surface area contributed by atoms with Crippen LogP contribution < -0.4 is 26.9 Å². The average Bonchev–Trinajstić information content (AvgIpc) is 3.48. The van der Waals surface area contributed by atoms with E-state index < -0.39 is 42.5 Å². The van der Waals surface area contributed by atoms with Crippen LogP contribution in [0.3, 0.4) is 0 Å². The van der Waals surface area contributed by atoms with Crippen molar-refractivity contribution >= 4 is 11.9 Å². The van der Waals surface area contributed by atoms with Gasteiger partial charge in [-0.05, 0) is 62.7 Å². The van der Waals surface area contributed by atoms with Crippen LogP contribution in [0.4, 0.5) is 17.6 Å². The molecule has 9 nitrogen and oxygen atoms in total. The number of amides is 1. The second kappa shape index (κ2) is 12.3. The van der Waals surface area contributed by atoms with Gasteiger partial charge in [0.05, 0.1) is 12.0 Å². The predicted molar refractivity (Wildman–Crippen MR) is 135 cm³/mol. The number of nitrogens with one attached hydrogen (secondary N) is 5. The molecule has 0 bridgehead atoms. The minimum atomic E-state index is -4.57. The predicted octanol–water partition coefficient (Wildman–Crippen LogP) is 1.95. The molecular weight excluding hydrogens is 506 g/mol. The SMILES string of the molecule is CC(C)C1CCC(N/C(=N/C2CC(C3CCC(O)C(F)C3)NN2)NC(=O)C2CN(C)NC2C(F)(F)F)CC1. The van der Waals surface area contributed by atoms with Crippen molar-refractivity contribution in [3.63, 3.8) is 0 Å². The first-order chi connectivity index (χ1) is 17.9. The van der Waals surface area contributed by atoms with Crippen LogP contribution in [0.2, 0.25) is 0 Å². The van der Waals surface area contributed by atoms with Crippen LogP contribution in [-0.2, 0) is 4.79 Å². The number of carbonyl (C=O) groups excluding carboxylic acids is 1. The Morgan fingerprint density at radius 1 is 1.08 bits per heavy atom. The number of aliphatic hydroxyl groups is 1. The highest BCUT2D eigenvalue weighted by molar-refractivity contribution is 5.98. The molecule has 2 saturated carbocycles. The second-order valence-electron chi connectivity index (χ2n) is 11.9. The first-order valence-electron chi connectivity index (χ1n) is 13.9. The molecular formula is C25H43F4N7O2. The van der Waals surface area contributed by atoms with Crippen molar-refractivity contribution in [2.75, 3.05) is 13.6 Å². The highest BCUT2D eigenvalue weighted by atomic mass is 19.4. The van der Waals surface area contributed by atoms with Crippen LogP contribution in [0, 0.1) is 23.7 Å². The second-order valence-corrected chi connectivity index (χ2v) is 11.9. The van der Waals surface area contributed by atoms with Gasteiger partial charge in [-0.3, -0.25) is 15.5 Å². The molecule has 13 heteroatoms. The zero-order valence-corrected chi connectivity index (χ0v) is 22.4. The molecule has 4 rings (SSSR count). The Hall–Kier alpha value is -1.54. The van der Waals surface area contributed by atoms with Gasteiger partial charge in [0.25, 0.3) is 0 Å². The number of rotatable bonds is 5. The molecule has 4 fully saturated rings. The van der Waals surface area contributed by atoms with Gasteiger partial charge in [0.15, 0.2) is 5.96 Å². The maximum absolute atomic E-state index is 14.1. The molecule has 38 heavy (non-hydrogen) atoms. The number of halogens is 4. The van der Waals surface area contributed by atoms with Gasteiger partial charge >= 0.3 is 6.18 Å². The normalized spacial score (nSPS) is 39.5. The molecule has 4 aliphatic rings. The van der Waals surface area contributed by atoms with E-state index in [0.29, 0.717) is 31.1 Å². The number of hydrazine groups is 2. The summed E-state index contributed by atoms with van der Waals surface area (Å²) in [7, 11) is 1.48. The Balaban J connectivity index is 1.44. The van der Waals surface area contributed by atoms with Crippen molar-refractivity contribution < 1.29 is 27.5 Å². The summed E-state index contributed by atoms with van der Waals surface area (Å²) in [5, 5.41) is 17.0. The molecule has 0 radical (unpaired) electrons. The standard InChI is InChI=1S/C25H43F4N7O2/c1-13(2)14-4-7-16(8-5-14)30-24(32-23(38)17-12-36(3)35-22(17)25(27,28)29)31-21-11-19(33-34-21)15-6-9-20(37)18(26)10-15/h13-22,33-35,37H,4-12H2,1-3H3,(H2,30,31,32,38). The molecule has 6 N–H and O–H groups in total. The van der Waals surface area contributed by atoms with Crippen LogP contribution in [0.1, 0.15) is 65.2 Å². The molecule has 0 aromatic rings. The summed E-state index contributed by atoms with van der Waals surface area (Å²) >= 11 is 0. The first kappa shape index (κ1) is 29.4. The third kappa shape index (κ3) is 7.35. The third-order valence-corrected chi connectivity index (χ3v) is 8.76. The van der Waals surface area contributed by atoms with E-state index in [4.69, 9.17) is 0 Å². The fourth-order valence-electron chi connectivity index (χ4n) is 6.36. The Bertz CT molecular complexity index is 837. The Morgan fingerprint density at radius 3 is 2.42 bits per heavy atom. The van der Waals surface area contributed by atoms with Gasteiger partial charge in [-0.25, -0.2) is 25.2 Å². The maximum atomic E-state index is 14.1. The largest absolute Gasteiger partial charge is 0.405 e. The Morgan fingerprint density at radius 2 is 1.79 bits per heavy atom. The summed E-state index contributed by atoms with van der Waals surface area (Å²) in [6.07, 6.45) is -1.45. The molecule has 2 heterocycles. The van der Waals surface area contributed by atoms with Gasteiger partial charge in [-0.2, -0.15) is 13.2 Å². The molecule has 0 spiro atoms. The average molecular weight is 550 g/mol. The maximum Gasteiger partial charge on any atom is 0.405 e. The van der Waals surface area contributed by atoms with Gasteiger partial charge in [0.1, 0.15) is 18.4 Å². The van der Waals surface area contributed by atoms with Crippen molar-refractivity contribution in [1.82, 2.24) is 31.9 Å². The van der Waals surface area contributed by atoms with Crippen molar-refractivity contribution in [2.24, 2.45) is 28.7 Å². The summed E-state index contributed by atoms with van der Waals surface area (Å²) in [5.41, 5.74) is 8.59. The summed E-state index contributed by atoms with van der Waals surface area (Å²) in [4.78, 5) is 17.8. The fourth-order valence-corrected chi connectivity index (χ4v) is 6.36. The Labute approximate surface area is 221 Å². The summed E-state index contributed by atoms with van der Waals surface area (Å²) in [6, 6.07) is -1.97. The molecule has 2 aliphatic heterocycles. The minimum absolute atomic E-state index is 0.0334. The molecule has 7 atom stereocenters. The van der Waals surface area contributed by atoms with E-state index in [0.717, 1.165) is 25.7 Å². The van der Waals surface area contributed by atoms with Gasteiger partial charge in [0, 0.05) is 32.1 Å². The van der Waals surface area contributed by atoms with Crippen LogP contribution in [0.5, 0.6) is 0 Å². The molecule has 2 aliphatic carbocycles. The number of aliphatic hydroxyl groups excluding tert-OH is 1. The molecule has 218 valence electrons. The van der Waals surface area contributed by atoms with E-state index in [1.165, 1.54) is 12.1 Å². The van der Waals surface area contributed by atoms with Crippen LogP contribution in [0.15, 0.2) is 4.99 Å². The topological polar surface area (TPSA) is 113 Å². The Kier molecular flexibility index (Phi) is 9.55. The number of alkyl halides is 4. The van der Waals surface area contributed by atoms with Gasteiger partial charge in [-0.15, -0.1) is 0 Å². The molecule has 0 aromatic heterocycles. The molecule has 7 unspecified atom stereocenters. The van der Waals surface area contributed by atoms with Crippen LogP contribution in [-0.4, -0.2) is 78.3 Å². The fraction of sp³-hybridized carbons (Fsp3) is 0.920. The number of hydrogen-bond acceptors (Lipinski definition) is 7. The number of nitrogens with zero attached hydrogens (tertiary/aromatic N) is 2. The van der Waals surface area contributed by atoms with Crippen molar-refractivity contribution in [3.05, 3.63) is 0 Å².